The molecule has 0 radical (unpaired) electrons. The molecule has 3 amide bonds. The molecular weight excluding hydrogens is 324 g/mol. The highest BCUT2D eigenvalue weighted by atomic mass is 16.4. The molecular formula is C18H20N2O5. The molecule has 0 atom stereocenters. The van der Waals surface area contributed by atoms with E-state index in [0.29, 0.717) is 36.8 Å². The second-order valence-corrected chi connectivity index (χ2v) is 6.51. The van der Waals surface area contributed by atoms with Gasteiger partial charge in [-0.2, -0.15) is 0 Å². The molecule has 0 unspecified atom stereocenters. The lowest BCUT2D eigenvalue weighted by Crippen LogP contribution is -2.40. The van der Waals surface area contributed by atoms with Crippen LogP contribution < -0.4 is 5.32 Å². The van der Waals surface area contributed by atoms with Crippen LogP contribution in [0.25, 0.3) is 0 Å². The summed E-state index contributed by atoms with van der Waals surface area (Å²) in [6.45, 7) is 0.0443. The summed E-state index contributed by atoms with van der Waals surface area (Å²) in [5.74, 6) is -2.07. The first-order chi connectivity index (χ1) is 12.0. The van der Waals surface area contributed by atoms with Crippen molar-refractivity contribution in [2.75, 3.05) is 6.54 Å². The second kappa shape index (κ2) is 7.04. The number of benzene rings is 1. The lowest BCUT2D eigenvalue weighted by Gasteiger charge is -2.27. The van der Waals surface area contributed by atoms with Crippen LogP contribution in [-0.4, -0.2) is 46.3 Å². The zero-order chi connectivity index (χ0) is 18.0. The fraction of sp³-hybridized carbons (Fsp3) is 0.444. The van der Waals surface area contributed by atoms with Gasteiger partial charge >= 0.3 is 5.97 Å². The van der Waals surface area contributed by atoms with Crippen LogP contribution in [0.1, 0.15) is 52.8 Å². The summed E-state index contributed by atoms with van der Waals surface area (Å²) in [5, 5.41) is 11.9. The Hall–Kier alpha value is -2.70. The molecule has 25 heavy (non-hydrogen) atoms. The number of hydrogen-bond acceptors (Lipinski definition) is 4. The van der Waals surface area contributed by atoms with Crippen molar-refractivity contribution >= 4 is 23.7 Å². The van der Waals surface area contributed by atoms with E-state index >= 15 is 0 Å². The monoisotopic (exact) mass is 344 g/mol. The maximum atomic E-state index is 12.2. The molecule has 2 N–H and O–H groups in total. The van der Waals surface area contributed by atoms with E-state index in [0.717, 1.165) is 4.90 Å². The molecule has 0 spiro atoms. The largest absolute Gasteiger partial charge is 0.481 e. The van der Waals surface area contributed by atoms with Crippen LogP contribution in [0.5, 0.6) is 0 Å². The number of imide groups is 1. The average molecular weight is 344 g/mol. The lowest BCUT2D eigenvalue weighted by molar-refractivity contribution is -0.142. The highest BCUT2D eigenvalue weighted by Crippen LogP contribution is 2.25. The molecule has 1 aromatic carbocycles. The van der Waals surface area contributed by atoms with Crippen LogP contribution in [0.3, 0.4) is 0 Å². The van der Waals surface area contributed by atoms with Gasteiger partial charge in [-0.1, -0.05) is 12.1 Å². The third kappa shape index (κ3) is 3.55. The van der Waals surface area contributed by atoms with E-state index in [1.54, 1.807) is 24.3 Å². The molecule has 0 saturated heterocycles. The van der Waals surface area contributed by atoms with Gasteiger partial charge in [0.2, 0.25) is 5.91 Å². The van der Waals surface area contributed by atoms with Gasteiger partial charge < -0.3 is 10.4 Å². The minimum Gasteiger partial charge on any atom is -0.481 e. The van der Waals surface area contributed by atoms with Crippen molar-refractivity contribution < 1.29 is 24.3 Å². The van der Waals surface area contributed by atoms with Gasteiger partial charge in [0.05, 0.1) is 17.0 Å². The Morgan fingerprint density at radius 2 is 1.60 bits per heavy atom. The van der Waals surface area contributed by atoms with Crippen molar-refractivity contribution in [1.82, 2.24) is 10.2 Å². The number of carboxylic acids is 1. The standard InChI is InChI=1S/C18H20N2O5/c21-15(19-12-7-5-11(6-8-12)18(24)25)9-10-20-16(22)13-3-1-2-4-14(13)17(20)23/h1-4,11-12H,5-10H2,(H,19,21)(H,24,25). The van der Waals surface area contributed by atoms with Gasteiger partial charge in [-0.15, -0.1) is 0 Å². The van der Waals surface area contributed by atoms with Gasteiger partial charge in [0.25, 0.3) is 11.8 Å². The van der Waals surface area contributed by atoms with E-state index < -0.39 is 5.97 Å². The number of rotatable bonds is 5. The second-order valence-electron chi connectivity index (χ2n) is 6.51. The van der Waals surface area contributed by atoms with E-state index in [9.17, 15) is 19.2 Å². The fourth-order valence-corrected chi connectivity index (χ4v) is 3.44. The molecule has 2 aliphatic rings. The van der Waals surface area contributed by atoms with E-state index in [1.165, 1.54) is 0 Å². The third-order valence-corrected chi connectivity index (χ3v) is 4.88. The third-order valence-electron chi connectivity index (χ3n) is 4.88. The van der Waals surface area contributed by atoms with Crippen LogP contribution in [0.2, 0.25) is 0 Å². The predicted molar refractivity (Wildman–Crippen MR) is 88.0 cm³/mol. The first-order valence-corrected chi connectivity index (χ1v) is 8.44. The summed E-state index contributed by atoms with van der Waals surface area (Å²) in [6, 6.07) is 6.58. The molecule has 1 fully saturated rings. The highest BCUT2D eigenvalue weighted by Gasteiger charge is 2.35. The summed E-state index contributed by atoms with van der Waals surface area (Å²) in [6.07, 6.45) is 2.42. The number of amides is 3. The Bertz CT molecular complexity index is 687. The molecule has 1 heterocycles. The number of carbonyl (C=O) groups excluding carboxylic acids is 3. The zero-order valence-electron chi connectivity index (χ0n) is 13.7. The summed E-state index contributed by atoms with van der Waals surface area (Å²) < 4.78 is 0. The SMILES string of the molecule is O=C(CCN1C(=O)c2ccccc2C1=O)NC1CCC(C(=O)O)CC1. The number of nitrogens with one attached hydrogen (secondary N) is 1. The molecule has 7 nitrogen and oxygen atoms in total. The Morgan fingerprint density at radius 1 is 1.04 bits per heavy atom. The summed E-state index contributed by atoms with van der Waals surface area (Å²) in [7, 11) is 0. The van der Waals surface area contributed by atoms with Gasteiger partial charge in [0.1, 0.15) is 0 Å². The molecule has 1 saturated carbocycles. The fourth-order valence-electron chi connectivity index (χ4n) is 3.44. The topological polar surface area (TPSA) is 104 Å². The molecule has 132 valence electrons. The van der Waals surface area contributed by atoms with Crippen molar-refractivity contribution in [3.63, 3.8) is 0 Å². The van der Waals surface area contributed by atoms with E-state index in [2.05, 4.69) is 5.32 Å². The summed E-state index contributed by atoms with van der Waals surface area (Å²) in [5.41, 5.74) is 0.750. The van der Waals surface area contributed by atoms with E-state index in [1.807, 2.05) is 0 Å². The van der Waals surface area contributed by atoms with Crippen molar-refractivity contribution in [3.8, 4) is 0 Å². The van der Waals surface area contributed by atoms with Crippen LogP contribution in [0.15, 0.2) is 24.3 Å². The number of nitrogens with zero attached hydrogens (tertiary/aromatic N) is 1. The quantitative estimate of drug-likeness (QED) is 0.787. The van der Waals surface area contributed by atoms with Crippen LogP contribution in [0.4, 0.5) is 0 Å². The summed E-state index contributed by atoms with van der Waals surface area (Å²) >= 11 is 0. The highest BCUT2D eigenvalue weighted by molar-refractivity contribution is 6.21. The summed E-state index contributed by atoms with van der Waals surface area (Å²) in [4.78, 5) is 48.6. The Balaban J connectivity index is 1.48. The molecule has 7 heteroatoms. The van der Waals surface area contributed by atoms with Crippen molar-refractivity contribution in [1.29, 1.82) is 0 Å². The van der Waals surface area contributed by atoms with Gasteiger partial charge in [0.15, 0.2) is 0 Å². The van der Waals surface area contributed by atoms with Crippen LogP contribution in [-0.2, 0) is 9.59 Å². The van der Waals surface area contributed by atoms with Gasteiger partial charge in [-0.05, 0) is 37.8 Å². The minimum absolute atomic E-state index is 0.0368. The number of aliphatic carboxylic acids is 1. The van der Waals surface area contributed by atoms with Gasteiger partial charge in [0, 0.05) is 19.0 Å². The Labute approximate surface area is 145 Å². The first-order valence-electron chi connectivity index (χ1n) is 8.44. The van der Waals surface area contributed by atoms with E-state index in [4.69, 9.17) is 5.11 Å². The maximum absolute atomic E-state index is 12.2. The number of carboxylic acid groups (broad SMARTS) is 1. The van der Waals surface area contributed by atoms with Crippen molar-refractivity contribution in [2.45, 2.75) is 38.1 Å². The molecule has 1 aromatic rings. The minimum atomic E-state index is -0.782. The van der Waals surface area contributed by atoms with Crippen molar-refractivity contribution in [3.05, 3.63) is 35.4 Å². The Morgan fingerprint density at radius 3 is 2.12 bits per heavy atom. The van der Waals surface area contributed by atoms with Gasteiger partial charge in [-0.25, -0.2) is 0 Å². The lowest BCUT2D eigenvalue weighted by atomic mass is 9.86. The van der Waals surface area contributed by atoms with Crippen molar-refractivity contribution in [2.24, 2.45) is 5.92 Å². The Kier molecular flexibility index (Phi) is 4.83. The predicted octanol–water partition coefficient (Wildman–Crippen LogP) is 1.43. The molecule has 1 aliphatic carbocycles. The molecule has 1 aliphatic heterocycles. The maximum Gasteiger partial charge on any atom is 0.306 e. The smallest absolute Gasteiger partial charge is 0.306 e. The normalized spacial score (nSPS) is 22.6. The number of hydrogen-bond donors (Lipinski definition) is 2. The van der Waals surface area contributed by atoms with Crippen LogP contribution >= 0.6 is 0 Å². The number of fused-ring (bicyclic) bond motifs is 1. The van der Waals surface area contributed by atoms with Crippen LogP contribution in [0, 0.1) is 5.92 Å². The first kappa shape index (κ1) is 17.1. The molecule has 3 rings (SSSR count). The molecule has 0 bridgehead atoms. The zero-order valence-corrected chi connectivity index (χ0v) is 13.7. The number of carbonyl (C=O) groups is 4. The molecule has 0 aromatic heterocycles. The van der Waals surface area contributed by atoms with Gasteiger partial charge in [-0.3, -0.25) is 24.1 Å². The average Bonchev–Trinajstić information content (AvgIpc) is 2.85. The van der Waals surface area contributed by atoms with E-state index in [-0.39, 0.29) is 42.6 Å².